The van der Waals surface area contributed by atoms with Crippen molar-refractivity contribution < 1.29 is 14.2 Å². The zero-order chi connectivity index (χ0) is 14.5. The van der Waals surface area contributed by atoms with Gasteiger partial charge in [-0.2, -0.15) is 0 Å². The Kier molecular flexibility index (Phi) is 4.74. The lowest BCUT2D eigenvalue weighted by Gasteiger charge is -2.14. The van der Waals surface area contributed by atoms with E-state index < -0.39 is 0 Å². The highest BCUT2D eigenvalue weighted by Crippen LogP contribution is 2.40. The van der Waals surface area contributed by atoms with Gasteiger partial charge in [-0.05, 0) is 19.1 Å². The minimum atomic E-state index is 0.604. The molecule has 0 radical (unpaired) electrons. The molecule has 0 saturated carbocycles. The summed E-state index contributed by atoms with van der Waals surface area (Å²) in [4.78, 5) is 2.60. The van der Waals surface area contributed by atoms with Crippen molar-refractivity contribution >= 4 is 17.0 Å². The first-order chi connectivity index (χ1) is 9.67. The van der Waals surface area contributed by atoms with Gasteiger partial charge < -0.3 is 19.5 Å². The first-order valence-electron chi connectivity index (χ1n) is 6.27. The molecule has 0 aliphatic heterocycles. The molecule has 1 N–H and O–H groups in total. The van der Waals surface area contributed by atoms with Gasteiger partial charge >= 0.3 is 0 Å². The van der Waals surface area contributed by atoms with Crippen molar-refractivity contribution in [3.63, 3.8) is 0 Å². The maximum absolute atomic E-state index is 5.33. The molecule has 0 bridgehead atoms. The van der Waals surface area contributed by atoms with Crippen LogP contribution in [0.5, 0.6) is 17.2 Å². The zero-order valence-electron chi connectivity index (χ0n) is 12.1. The lowest BCUT2D eigenvalue weighted by molar-refractivity contribution is 0.324. The van der Waals surface area contributed by atoms with Crippen LogP contribution in [0, 0.1) is 6.92 Å². The predicted molar refractivity (Wildman–Crippen MR) is 82.5 cm³/mol. The predicted octanol–water partition coefficient (Wildman–Crippen LogP) is 3.69. The van der Waals surface area contributed by atoms with Crippen molar-refractivity contribution in [3.05, 3.63) is 34.0 Å². The van der Waals surface area contributed by atoms with Crippen LogP contribution >= 0.6 is 11.3 Å². The topological polar surface area (TPSA) is 39.7 Å². The van der Waals surface area contributed by atoms with E-state index in [2.05, 4.69) is 24.4 Å². The third kappa shape index (κ3) is 3.17. The van der Waals surface area contributed by atoms with Crippen LogP contribution in [0.4, 0.5) is 5.69 Å². The molecule has 0 atom stereocenters. The van der Waals surface area contributed by atoms with E-state index >= 15 is 0 Å². The van der Waals surface area contributed by atoms with Crippen LogP contribution in [-0.4, -0.2) is 21.3 Å². The molecule has 4 nitrogen and oxygen atoms in total. The molecule has 5 heteroatoms. The number of benzene rings is 1. The molecule has 2 aromatic rings. The first kappa shape index (κ1) is 14.5. The molecule has 0 aliphatic carbocycles. The summed E-state index contributed by atoms with van der Waals surface area (Å²) >= 11 is 1.78. The molecule has 0 spiro atoms. The Morgan fingerprint density at radius 2 is 1.65 bits per heavy atom. The number of rotatable bonds is 6. The zero-order valence-corrected chi connectivity index (χ0v) is 13.0. The third-order valence-electron chi connectivity index (χ3n) is 2.93. The smallest absolute Gasteiger partial charge is 0.203 e. The van der Waals surface area contributed by atoms with Crippen molar-refractivity contribution in [2.24, 2.45) is 0 Å². The number of nitrogens with one attached hydrogen (secondary N) is 1. The molecule has 0 amide bonds. The SMILES string of the molecule is COc1cc(NCc2ccc(C)s2)cc(OC)c1OC. The average molecular weight is 293 g/mol. The number of hydrogen-bond acceptors (Lipinski definition) is 5. The third-order valence-corrected chi connectivity index (χ3v) is 3.93. The number of anilines is 1. The Morgan fingerprint density at radius 3 is 2.10 bits per heavy atom. The second-order valence-electron chi connectivity index (χ2n) is 4.28. The molecular formula is C15H19NO3S. The lowest BCUT2D eigenvalue weighted by Crippen LogP contribution is -2.00. The molecule has 2 rings (SSSR count). The molecule has 108 valence electrons. The Morgan fingerprint density at radius 1 is 1.00 bits per heavy atom. The molecule has 0 unspecified atom stereocenters. The maximum Gasteiger partial charge on any atom is 0.203 e. The van der Waals surface area contributed by atoms with Gasteiger partial charge in [-0.15, -0.1) is 11.3 Å². The molecular weight excluding hydrogens is 274 g/mol. The molecule has 0 aliphatic rings. The van der Waals surface area contributed by atoms with Crippen molar-refractivity contribution in [2.45, 2.75) is 13.5 Å². The number of aryl methyl sites for hydroxylation is 1. The molecule has 1 aromatic heterocycles. The molecule has 0 saturated heterocycles. The van der Waals surface area contributed by atoms with Crippen LogP contribution in [0.15, 0.2) is 24.3 Å². The summed E-state index contributed by atoms with van der Waals surface area (Å²) < 4.78 is 16.0. The number of hydrogen-bond donors (Lipinski definition) is 1. The van der Waals surface area contributed by atoms with Gasteiger partial charge in [-0.25, -0.2) is 0 Å². The summed E-state index contributed by atoms with van der Waals surface area (Å²) in [5.41, 5.74) is 0.936. The van der Waals surface area contributed by atoms with Crippen molar-refractivity contribution in [1.29, 1.82) is 0 Å². The number of thiophene rings is 1. The number of ether oxygens (including phenoxy) is 3. The van der Waals surface area contributed by atoms with E-state index in [-0.39, 0.29) is 0 Å². The Balaban J connectivity index is 2.19. The summed E-state index contributed by atoms with van der Waals surface area (Å²) in [6.07, 6.45) is 0. The molecule has 1 aromatic carbocycles. The van der Waals surface area contributed by atoms with Gasteiger partial charge in [-0.1, -0.05) is 0 Å². The fourth-order valence-electron chi connectivity index (χ4n) is 1.95. The van der Waals surface area contributed by atoms with Crippen molar-refractivity contribution in [3.8, 4) is 17.2 Å². The molecule has 20 heavy (non-hydrogen) atoms. The van der Waals surface area contributed by atoms with E-state index in [0.29, 0.717) is 17.2 Å². The minimum absolute atomic E-state index is 0.604. The Bertz CT molecular complexity index is 555. The standard InChI is InChI=1S/C15H19NO3S/c1-10-5-6-12(20-10)9-16-11-7-13(17-2)15(19-4)14(8-11)18-3/h5-8,16H,9H2,1-4H3. The van der Waals surface area contributed by atoms with E-state index in [1.54, 1.807) is 32.7 Å². The summed E-state index contributed by atoms with van der Waals surface area (Å²) in [5.74, 6) is 1.90. The fraction of sp³-hybridized carbons (Fsp3) is 0.333. The minimum Gasteiger partial charge on any atom is -0.493 e. The van der Waals surface area contributed by atoms with Gasteiger partial charge in [0.1, 0.15) is 0 Å². The van der Waals surface area contributed by atoms with Gasteiger partial charge in [0, 0.05) is 34.1 Å². The van der Waals surface area contributed by atoms with Gasteiger partial charge in [0.05, 0.1) is 21.3 Å². The Hall–Kier alpha value is -1.88. The first-order valence-corrected chi connectivity index (χ1v) is 7.08. The second-order valence-corrected chi connectivity index (χ2v) is 5.65. The van der Waals surface area contributed by atoms with Crippen LogP contribution < -0.4 is 19.5 Å². The van der Waals surface area contributed by atoms with Gasteiger partial charge in [0.25, 0.3) is 0 Å². The van der Waals surface area contributed by atoms with Crippen LogP contribution in [0.1, 0.15) is 9.75 Å². The van der Waals surface area contributed by atoms with Crippen molar-refractivity contribution in [1.82, 2.24) is 0 Å². The summed E-state index contributed by atoms with van der Waals surface area (Å²) in [7, 11) is 4.83. The maximum atomic E-state index is 5.33. The van der Waals surface area contributed by atoms with E-state index in [4.69, 9.17) is 14.2 Å². The van der Waals surface area contributed by atoms with Crippen LogP contribution in [0.3, 0.4) is 0 Å². The fourth-order valence-corrected chi connectivity index (χ4v) is 2.78. The van der Waals surface area contributed by atoms with E-state index in [1.807, 2.05) is 12.1 Å². The van der Waals surface area contributed by atoms with Crippen molar-refractivity contribution in [2.75, 3.05) is 26.6 Å². The lowest BCUT2D eigenvalue weighted by atomic mass is 10.2. The summed E-state index contributed by atoms with van der Waals surface area (Å²) in [6.45, 7) is 2.88. The summed E-state index contributed by atoms with van der Waals surface area (Å²) in [5, 5.41) is 3.37. The Labute approximate surface area is 123 Å². The highest BCUT2D eigenvalue weighted by Gasteiger charge is 2.13. The average Bonchev–Trinajstić information content (AvgIpc) is 2.89. The second kappa shape index (κ2) is 6.52. The highest BCUT2D eigenvalue weighted by molar-refractivity contribution is 7.11. The van der Waals surface area contributed by atoms with E-state index in [0.717, 1.165) is 12.2 Å². The van der Waals surface area contributed by atoms with Crippen LogP contribution in [-0.2, 0) is 6.54 Å². The molecule has 0 fully saturated rings. The summed E-state index contributed by atoms with van der Waals surface area (Å²) in [6, 6.07) is 8.06. The van der Waals surface area contributed by atoms with Gasteiger partial charge in [0.2, 0.25) is 5.75 Å². The van der Waals surface area contributed by atoms with E-state index in [9.17, 15) is 0 Å². The monoisotopic (exact) mass is 293 g/mol. The van der Waals surface area contributed by atoms with Gasteiger partial charge in [-0.3, -0.25) is 0 Å². The van der Waals surface area contributed by atoms with Gasteiger partial charge in [0.15, 0.2) is 11.5 Å². The van der Waals surface area contributed by atoms with E-state index in [1.165, 1.54) is 9.75 Å². The normalized spacial score (nSPS) is 10.2. The largest absolute Gasteiger partial charge is 0.493 e. The highest BCUT2D eigenvalue weighted by atomic mass is 32.1. The number of methoxy groups -OCH3 is 3. The molecule has 1 heterocycles. The van der Waals surface area contributed by atoms with Crippen LogP contribution in [0.2, 0.25) is 0 Å². The quantitative estimate of drug-likeness (QED) is 0.881. The van der Waals surface area contributed by atoms with Crippen LogP contribution in [0.25, 0.3) is 0 Å².